The predicted octanol–water partition coefficient (Wildman–Crippen LogP) is 4.28. The second-order valence-electron chi connectivity index (χ2n) is 4.94. The molecular formula is C14H17ClFNO. The quantitative estimate of drug-likeness (QED) is 0.896. The number of furan rings is 1. The summed E-state index contributed by atoms with van der Waals surface area (Å²) in [5.41, 5.74) is 1.51. The Bertz CT molecular complexity index is 562. The van der Waals surface area contributed by atoms with Crippen molar-refractivity contribution in [3.8, 4) is 0 Å². The summed E-state index contributed by atoms with van der Waals surface area (Å²) in [5, 5.41) is 4.38. The Labute approximate surface area is 111 Å². The summed E-state index contributed by atoms with van der Waals surface area (Å²) < 4.78 is 19.0. The molecule has 1 aromatic heterocycles. The molecule has 0 saturated carbocycles. The van der Waals surface area contributed by atoms with Gasteiger partial charge in [0, 0.05) is 5.39 Å². The van der Waals surface area contributed by atoms with Gasteiger partial charge in [-0.05, 0) is 37.1 Å². The molecule has 1 aromatic carbocycles. The smallest absolute Gasteiger partial charge is 0.153 e. The summed E-state index contributed by atoms with van der Waals surface area (Å²) in [6.07, 6.45) is 0. The van der Waals surface area contributed by atoms with Crippen LogP contribution in [-0.2, 0) is 6.54 Å². The van der Waals surface area contributed by atoms with Gasteiger partial charge in [0.1, 0.15) is 11.6 Å². The van der Waals surface area contributed by atoms with Crippen molar-refractivity contribution in [3.63, 3.8) is 0 Å². The van der Waals surface area contributed by atoms with E-state index in [2.05, 4.69) is 19.2 Å². The summed E-state index contributed by atoms with van der Waals surface area (Å²) >= 11 is 5.98. The van der Waals surface area contributed by atoms with Crippen molar-refractivity contribution >= 4 is 22.6 Å². The number of hydrogen-bond acceptors (Lipinski definition) is 2. The Morgan fingerprint density at radius 3 is 2.78 bits per heavy atom. The Balaban J connectivity index is 2.30. The van der Waals surface area contributed by atoms with Crippen molar-refractivity contribution in [2.24, 2.45) is 5.92 Å². The van der Waals surface area contributed by atoms with Crippen LogP contribution in [0.1, 0.15) is 25.2 Å². The molecule has 1 heterocycles. The SMILES string of the molecule is Cc1c(CNCC(C)C)oc2c(Cl)cc(F)cc12. The van der Waals surface area contributed by atoms with Crippen molar-refractivity contribution in [1.82, 2.24) is 5.32 Å². The van der Waals surface area contributed by atoms with Gasteiger partial charge in [0.15, 0.2) is 5.58 Å². The molecule has 0 spiro atoms. The van der Waals surface area contributed by atoms with Gasteiger partial charge in [0.25, 0.3) is 0 Å². The maximum absolute atomic E-state index is 13.3. The first-order valence-corrected chi connectivity index (χ1v) is 6.44. The standard InChI is InChI=1S/C14H17ClFNO/c1-8(2)6-17-7-13-9(3)11-4-10(16)5-12(15)14(11)18-13/h4-5,8,17H,6-7H2,1-3H3. The van der Waals surface area contributed by atoms with Gasteiger partial charge in [0.05, 0.1) is 11.6 Å². The van der Waals surface area contributed by atoms with E-state index in [9.17, 15) is 4.39 Å². The molecule has 2 aromatic rings. The van der Waals surface area contributed by atoms with Crippen LogP contribution in [0.15, 0.2) is 16.5 Å². The fourth-order valence-corrected chi connectivity index (χ4v) is 2.18. The molecule has 0 bridgehead atoms. The molecule has 0 amide bonds. The first-order valence-electron chi connectivity index (χ1n) is 6.06. The van der Waals surface area contributed by atoms with E-state index in [1.807, 2.05) is 6.92 Å². The van der Waals surface area contributed by atoms with E-state index in [4.69, 9.17) is 16.0 Å². The predicted molar refractivity (Wildman–Crippen MR) is 72.5 cm³/mol. The zero-order valence-electron chi connectivity index (χ0n) is 10.8. The van der Waals surface area contributed by atoms with Gasteiger partial charge < -0.3 is 9.73 Å². The van der Waals surface area contributed by atoms with E-state index < -0.39 is 0 Å². The average Bonchev–Trinajstić information content (AvgIpc) is 2.57. The molecule has 4 heteroatoms. The molecule has 0 fully saturated rings. The summed E-state index contributed by atoms with van der Waals surface area (Å²) in [7, 11) is 0. The molecule has 1 N–H and O–H groups in total. The number of rotatable bonds is 4. The lowest BCUT2D eigenvalue weighted by Gasteiger charge is -2.05. The minimum absolute atomic E-state index is 0.322. The lowest BCUT2D eigenvalue weighted by molar-refractivity contribution is 0.482. The Hall–Kier alpha value is -1.06. The van der Waals surface area contributed by atoms with Gasteiger partial charge in [-0.25, -0.2) is 4.39 Å². The first kappa shape index (κ1) is 13.4. The second kappa shape index (κ2) is 5.29. The highest BCUT2D eigenvalue weighted by Crippen LogP contribution is 2.31. The summed E-state index contributed by atoms with van der Waals surface area (Å²) in [5.74, 6) is 1.06. The maximum Gasteiger partial charge on any atom is 0.153 e. The zero-order valence-corrected chi connectivity index (χ0v) is 11.6. The second-order valence-corrected chi connectivity index (χ2v) is 5.35. The first-order chi connectivity index (χ1) is 8.49. The topological polar surface area (TPSA) is 25.2 Å². The molecule has 2 nitrogen and oxygen atoms in total. The van der Waals surface area contributed by atoms with Crippen LogP contribution < -0.4 is 5.32 Å². The Morgan fingerprint density at radius 1 is 1.39 bits per heavy atom. The van der Waals surface area contributed by atoms with Crippen molar-refractivity contribution in [2.45, 2.75) is 27.3 Å². The van der Waals surface area contributed by atoms with E-state index in [0.717, 1.165) is 23.3 Å². The monoisotopic (exact) mass is 269 g/mol. The van der Waals surface area contributed by atoms with Crippen LogP contribution in [0.5, 0.6) is 0 Å². The van der Waals surface area contributed by atoms with Crippen LogP contribution in [0.4, 0.5) is 4.39 Å². The third-order valence-electron chi connectivity index (χ3n) is 2.89. The molecule has 0 unspecified atom stereocenters. The summed E-state index contributed by atoms with van der Waals surface area (Å²) in [6.45, 7) is 7.76. The van der Waals surface area contributed by atoms with Gasteiger partial charge in [-0.15, -0.1) is 0 Å². The molecule has 0 radical (unpaired) electrons. The van der Waals surface area contributed by atoms with Crippen molar-refractivity contribution in [1.29, 1.82) is 0 Å². The summed E-state index contributed by atoms with van der Waals surface area (Å²) in [4.78, 5) is 0. The van der Waals surface area contributed by atoms with E-state index in [1.165, 1.54) is 12.1 Å². The van der Waals surface area contributed by atoms with Crippen molar-refractivity contribution < 1.29 is 8.81 Å². The van der Waals surface area contributed by atoms with E-state index >= 15 is 0 Å². The van der Waals surface area contributed by atoms with Crippen molar-refractivity contribution in [2.75, 3.05) is 6.54 Å². The number of hydrogen-bond donors (Lipinski definition) is 1. The van der Waals surface area contributed by atoms with Gasteiger partial charge in [-0.2, -0.15) is 0 Å². The molecule has 0 aliphatic rings. The van der Waals surface area contributed by atoms with Crippen LogP contribution in [0.25, 0.3) is 11.0 Å². The molecule has 0 atom stereocenters. The normalized spacial score (nSPS) is 11.7. The van der Waals surface area contributed by atoms with Gasteiger partial charge in [-0.1, -0.05) is 25.4 Å². The highest BCUT2D eigenvalue weighted by molar-refractivity contribution is 6.34. The number of halogens is 2. The third-order valence-corrected chi connectivity index (χ3v) is 3.17. The number of aryl methyl sites for hydroxylation is 1. The molecular weight excluding hydrogens is 253 g/mol. The highest BCUT2D eigenvalue weighted by Gasteiger charge is 2.14. The van der Waals surface area contributed by atoms with Crippen LogP contribution in [0.2, 0.25) is 5.02 Å². The minimum Gasteiger partial charge on any atom is -0.458 e. The average molecular weight is 270 g/mol. The minimum atomic E-state index is -0.335. The molecule has 18 heavy (non-hydrogen) atoms. The maximum atomic E-state index is 13.3. The molecule has 98 valence electrons. The Morgan fingerprint density at radius 2 is 2.11 bits per heavy atom. The van der Waals surface area contributed by atoms with Crippen LogP contribution in [-0.4, -0.2) is 6.54 Å². The van der Waals surface area contributed by atoms with E-state index in [1.54, 1.807) is 0 Å². The Kier molecular flexibility index (Phi) is 3.93. The third kappa shape index (κ3) is 2.68. The van der Waals surface area contributed by atoms with Crippen LogP contribution in [0.3, 0.4) is 0 Å². The van der Waals surface area contributed by atoms with E-state index in [-0.39, 0.29) is 5.82 Å². The lowest BCUT2D eigenvalue weighted by Crippen LogP contribution is -2.18. The summed E-state index contributed by atoms with van der Waals surface area (Å²) in [6, 6.07) is 2.74. The molecule has 0 saturated heterocycles. The van der Waals surface area contributed by atoms with E-state index in [0.29, 0.717) is 23.1 Å². The van der Waals surface area contributed by atoms with Gasteiger partial charge in [-0.3, -0.25) is 0 Å². The highest BCUT2D eigenvalue weighted by atomic mass is 35.5. The largest absolute Gasteiger partial charge is 0.458 e. The number of benzene rings is 1. The number of nitrogens with one attached hydrogen (secondary N) is 1. The molecule has 0 aliphatic heterocycles. The van der Waals surface area contributed by atoms with Gasteiger partial charge in [0.2, 0.25) is 0 Å². The van der Waals surface area contributed by atoms with Crippen LogP contribution >= 0.6 is 11.6 Å². The zero-order chi connectivity index (χ0) is 13.3. The van der Waals surface area contributed by atoms with Crippen molar-refractivity contribution in [3.05, 3.63) is 34.3 Å². The lowest BCUT2D eigenvalue weighted by atomic mass is 10.1. The fourth-order valence-electron chi connectivity index (χ4n) is 1.94. The number of fused-ring (bicyclic) bond motifs is 1. The van der Waals surface area contributed by atoms with Gasteiger partial charge >= 0.3 is 0 Å². The molecule has 2 rings (SSSR count). The fraction of sp³-hybridized carbons (Fsp3) is 0.429. The molecule has 0 aliphatic carbocycles. The van der Waals surface area contributed by atoms with Crippen LogP contribution in [0, 0.1) is 18.7 Å².